The molecule has 10 heteroatoms. The van der Waals surface area contributed by atoms with E-state index in [9.17, 15) is 24.3 Å². The van der Waals surface area contributed by atoms with Crippen LogP contribution in [-0.4, -0.2) is 64.7 Å². The molecule has 2 atom stereocenters. The molecule has 1 fully saturated rings. The molecule has 3 N–H and O–H groups in total. The lowest BCUT2D eigenvalue weighted by molar-refractivity contribution is -0.145. The van der Waals surface area contributed by atoms with Gasteiger partial charge in [-0.1, -0.05) is 26.0 Å². The predicted octanol–water partition coefficient (Wildman–Crippen LogP) is 3.04. The molecule has 10 nitrogen and oxygen atoms in total. The highest BCUT2D eigenvalue weighted by atomic mass is 16.6. The number of amides is 3. The van der Waals surface area contributed by atoms with Gasteiger partial charge in [0.05, 0.1) is 13.0 Å². The third-order valence-electron chi connectivity index (χ3n) is 5.45. The van der Waals surface area contributed by atoms with Crippen LogP contribution in [0, 0.1) is 5.92 Å². The Labute approximate surface area is 212 Å². The van der Waals surface area contributed by atoms with Crippen LogP contribution in [0.15, 0.2) is 24.3 Å². The van der Waals surface area contributed by atoms with E-state index >= 15 is 0 Å². The molecule has 1 aromatic rings. The molecule has 1 saturated carbocycles. The van der Waals surface area contributed by atoms with E-state index < -0.39 is 41.6 Å². The molecular weight excluding hydrogens is 466 g/mol. The van der Waals surface area contributed by atoms with Crippen molar-refractivity contribution >= 4 is 23.9 Å². The van der Waals surface area contributed by atoms with E-state index in [4.69, 9.17) is 9.47 Å². The molecule has 0 radical (unpaired) electrons. The molecule has 0 saturated heterocycles. The van der Waals surface area contributed by atoms with E-state index in [1.807, 2.05) is 0 Å². The van der Waals surface area contributed by atoms with Crippen LogP contribution in [0.2, 0.25) is 0 Å². The number of nitrogens with zero attached hydrogens (tertiary/aromatic N) is 1. The average molecular weight is 506 g/mol. The standard InChI is InChI=1S/C26H39N3O7/c1-7-35-20(31)13-14-27-23(32)22(17-9-8-10-19(30)15-17)29(18-11-12-18)24(33)21(16(2)3)28-25(34)36-26(4,5)6/h8-10,15-16,18,21-22,30H,7,11-14H2,1-6H3,(H,27,32)(H,28,34). The fourth-order valence-corrected chi connectivity index (χ4v) is 3.73. The molecule has 0 aliphatic heterocycles. The lowest BCUT2D eigenvalue weighted by atomic mass is 9.98. The van der Waals surface area contributed by atoms with Crippen molar-refractivity contribution in [3.05, 3.63) is 29.8 Å². The summed E-state index contributed by atoms with van der Waals surface area (Å²) >= 11 is 0. The lowest BCUT2D eigenvalue weighted by Gasteiger charge is -2.35. The van der Waals surface area contributed by atoms with Gasteiger partial charge in [0.15, 0.2) is 0 Å². The van der Waals surface area contributed by atoms with Gasteiger partial charge in [-0.25, -0.2) is 4.79 Å². The van der Waals surface area contributed by atoms with Crippen LogP contribution >= 0.6 is 0 Å². The first-order chi connectivity index (χ1) is 16.8. The smallest absolute Gasteiger partial charge is 0.408 e. The number of phenols is 1. The Hall–Kier alpha value is -3.30. The zero-order chi connectivity index (χ0) is 27.0. The summed E-state index contributed by atoms with van der Waals surface area (Å²) in [7, 11) is 0. The number of nitrogens with one attached hydrogen (secondary N) is 2. The minimum atomic E-state index is -1.07. The Morgan fingerprint density at radius 3 is 2.36 bits per heavy atom. The second kappa shape index (κ2) is 12.6. The quantitative estimate of drug-likeness (QED) is 0.394. The van der Waals surface area contributed by atoms with Crippen LogP contribution in [0.4, 0.5) is 4.79 Å². The number of alkyl carbamates (subject to hydrolysis) is 1. The van der Waals surface area contributed by atoms with Gasteiger partial charge in [0.25, 0.3) is 0 Å². The highest BCUT2D eigenvalue weighted by Gasteiger charge is 2.44. The van der Waals surface area contributed by atoms with Crippen molar-refractivity contribution in [2.24, 2.45) is 5.92 Å². The Morgan fingerprint density at radius 1 is 1.17 bits per heavy atom. The summed E-state index contributed by atoms with van der Waals surface area (Å²) in [5.41, 5.74) is -0.322. The molecule has 200 valence electrons. The van der Waals surface area contributed by atoms with Gasteiger partial charge in [-0.15, -0.1) is 0 Å². The minimum Gasteiger partial charge on any atom is -0.508 e. The second-order valence-corrected chi connectivity index (χ2v) is 10.2. The number of benzene rings is 1. The van der Waals surface area contributed by atoms with E-state index in [-0.39, 0.29) is 37.3 Å². The van der Waals surface area contributed by atoms with Crippen molar-refractivity contribution in [2.75, 3.05) is 13.2 Å². The largest absolute Gasteiger partial charge is 0.508 e. The first-order valence-electron chi connectivity index (χ1n) is 12.4. The normalized spacial score (nSPS) is 15.0. The molecule has 1 aromatic carbocycles. The molecule has 0 spiro atoms. The summed E-state index contributed by atoms with van der Waals surface area (Å²) in [6.45, 7) is 10.8. The summed E-state index contributed by atoms with van der Waals surface area (Å²) in [6, 6.07) is 3.95. The number of phenolic OH excluding ortho intramolecular Hbond substituents is 1. The van der Waals surface area contributed by atoms with E-state index in [0.29, 0.717) is 18.4 Å². The summed E-state index contributed by atoms with van der Waals surface area (Å²) in [6.07, 6.45) is 0.666. The first-order valence-corrected chi connectivity index (χ1v) is 12.4. The van der Waals surface area contributed by atoms with Crippen LogP contribution < -0.4 is 10.6 Å². The van der Waals surface area contributed by atoms with Crippen molar-refractivity contribution in [1.82, 2.24) is 15.5 Å². The van der Waals surface area contributed by atoms with Crippen molar-refractivity contribution in [3.63, 3.8) is 0 Å². The van der Waals surface area contributed by atoms with E-state index in [1.54, 1.807) is 53.7 Å². The number of rotatable bonds is 11. The molecule has 0 aromatic heterocycles. The van der Waals surface area contributed by atoms with Crippen molar-refractivity contribution < 1.29 is 33.8 Å². The molecule has 3 amide bonds. The Kier molecular flexibility index (Phi) is 10.1. The number of hydrogen-bond acceptors (Lipinski definition) is 7. The Morgan fingerprint density at radius 2 is 1.83 bits per heavy atom. The van der Waals surface area contributed by atoms with Gasteiger partial charge in [-0.3, -0.25) is 14.4 Å². The van der Waals surface area contributed by atoms with Crippen LogP contribution in [0.5, 0.6) is 5.75 Å². The van der Waals surface area contributed by atoms with Gasteiger partial charge in [0.1, 0.15) is 23.4 Å². The van der Waals surface area contributed by atoms with Gasteiger partial charge < -0.3 is 30.1 Å². The van der Waals surface area contributed by atoms with Crippen molar-refractivity contribution in [1.29, 1.82) is 0 Å². The van der Waals surface area contributed by atoms with Gasteiger partial charge in [-0.05, 0) is 64.2 Å². The van der Waals surface area contributed by atoms with Gasteiger partial charge in [-0.2, -0.15) is 0 Å². The lowest BCUT2D eigenvalue weighted by Crippen LogP contribution is -2.55. The topological polar surface area (TPSA) is 134 Å². The monoisotopic (exact) mass is 505 g/mol. The van der Waals surface area contributed by atoms with E-state index in [2.05, 4.69) is 10.6 Å². The van der Waals surface area contributed by atoms with Gasteiger partial charge in [0, 0.05) is 12.6 Å². The Bertz CT molecular complexity index is 938. The SMILES string of the molecule is CCOC(=O)CCNC(=O)C(c1cccc(O)c1)N(C(=O)C(NC(=O)OC(C)(C)C)C(C)C)C1CC1. The molecular formula is C26H39N3O7. The fourth-order valence-electron chi connectivity index (χ4n) is 3.73. The molecule has 1 aliphatic carbocycles. The molecule has 36 heavy (non-hydrogen) atoms. The average Bonchev–Trinajstić information content (AvgIpc) is 3.59. The summed E-state index contributed by atoms with van der Waals surface area (Å²) in [5.74, 6) is -1.70. The first kappa shape index (κ1) is 28.9. The maximum Gasteiger partial charge on any atom is 0.408 e. The molecule has 0 bridgehead atoms. The maximum atomic E-state index is 13.9. The zero-order valence-corrected chi connectivity index (χ0v) is 22.0. The molecule has 2 unspecified atom stereocenters. The fraction of sp³-hybridized carbons (Fsp3) is 0.615. The number of hydrogen-bond donors (Lipinski definition) is 3. The predicted molar refractivity (Wildman–Crippen MR) is 133 cm³/mol. The van der Waals surface area contributed by atoms with Crippen LogP contribution in [0.3, 0.4) is 0 Å². The highest BCUT2D eigenvalue weighted by Crippen LogP contribution is 2.36. The van der Waals surface area contributed by atoms with Crippen LogP contribution in [0.25, 0.3) is 0 Å². The third-order valence-corrected chi connectivity index (χ3v) is 5.45. The zero-order valence-electron chi connectivity index (χ0n) is 22.0. The van der Waals surface area contributed by atoms with Crippen molar-refractivity contribution in [2.45, 2.75) is 84.5 Å². The van der Waals surface area contributed by atoms with Gasteiger partial charge in [0.2, 0.25) is 11.8 Å². The van der Waals surface area contributed by atoms with E-state index in [1.165, 1.54) is 17.0 Å². The molecule has 0 heterocycles. The number of esters is 1. The summed E-state index contributed by atoms with van der Waals surface area (Å²) in [4.78, 5) is 53.0. The van der Waals surface area contributed by atoms with E-state index in [0.717, 1.165) is 0 Å². The minimum absolute atomic E-state index is 0.0153. The number of ether oxygens (including phenoxy) is 2. The van der Waals surface area contributed by atoms with Crippen LogP contribution in [-0.2, 0) is 23.9 Å². The second-order valence-electron chi connectivity index (χ2n) is 10.2. The molecule has 2 rings (SSSR count). The van der Waals surface area contributed by atoms with Crippen molar-refractivity contribution in [3.8, 4) is 5.75 Å². The van der Waals surface area contributed by atoms with Gasteiger partial charge >= 0.3 is 12.1 Å². The number of aromatic hydroxyl groups is 1. The molecule has 1 aliphatic rings. The highest BCUT2D eigenvalue weighted by molar-refractivity contribution is 5.93. The number of carbonyl (C=O) groups is 4. The Balaban J connectivity index is 2.35. The third kappa shape index (κ3) is 8.73. The summed E-state index contributed by atoms with van der Waals surface area (Å²) < 4.78 is 10.3. The summed E-state index contributed by atoms with van der Waals surface area (Å²) in [5, 5.41) is 15.5. The van der Waals surface area contributed by atoms with Crippen LogP contribution in [0.1, 0.15) is 72.4 Å². The number of carbonyl (C=O) groups excluding carboxylic acids is 4. The maximum absolute atomic E-state index is 13.9.